The summed E-state index contributed by atoms with van der Waals surface area (Å²) in [6, 6.07) is 12.9. The highest BCUT2D eigenvalue weighted by atomic mass is 16.3. The van der Waals surface area contributed by atoms with Gasteiger partial charge < -0.3 is 9.73 Å². The fourth-order valence-electron chi connectivity index (χ4n) is 2.73. The van der Waals surface area contributed by atoms with Gasteiger partial charge in [0, 0.05) is 13.1 Å². The van der Waals surface area contributed by atoms with Crippen LogP contribution in [0.1, 0.15) is 36.0 Å². The van der Waals surface area contributed by atoms with Crippen molar-refractivity contribution in [1.29, 1.82) is 0 Å². The van der Waals surface area contributed by atoms with Crippen LogP contribution in [0.15, 0.2) is 40.8 Å². The molecule has 0 amide bonds. The molecule has 3 heteroatoms. The molecule has 0 unspecified atom stereocenters. The molecule has 0 saturated heterocycles. The summed E-state index contributed by atoms with van der Waals surface area (Å²) in [6.45, 7) is 6.99. The number of furan rings is 1. The summed E-state index contributed by atoms with van der Waals surface area (Å²) >= 11 is 0. The Morgan fingerprint density at radius 3 is 2.45 bits per heavy atom. The first-order valence-corrected chi connectivity index (χ1v) is 7.42. The average Bonchev–Trinajstić information content (AvgIpc) is 3.05. The third-order valence-electron chi connectivity index (χ3n) is 3.73. The molecule has 1 aromatic carbocycles. The molecule has 3 nitrogen and oxygen atoms in total. The zero-order valence-corrected chi connectivity index (χ0v) is 12.1. The van der Waals surface area contributed by atoms with E-state index in [-0.39, 0.29) is 0 Å². The van der Waals surface area contributed by atoms with E-state index >= 15 is 0 Å². The topological polar surface area (TPSA) is 28.4 Å². The Morgan fingerprint density at radius 2 is 1.75 bits per heavy atom. The zero-order valence-electron chi connectivity index (χ0n) is 12.1. The van der Waals surface area contributed by atoms with Crippen molar-refractivity contribution in [3.63, 3.8) is 0 Å². The first-order chi connectivity index (χ1) is 9.85. The Morgan fingerprint density at radius 1 is 1.05 bits per heavy atom. The first-order valence-electron chi connectivity index (χ1n) is 7.42. The highest BCUT2D eigenvalue weighted by molar-refractivity contribution is 5.30. The summed E-state index contributed by atoms with van der Waals surface area (Å²) in [6.07, 6.45) is 1.15. The number of nitrogens with zero attached hydrogens (tertiary/aromatic N) is 1. The average molecular weight is 270 g/mol. The van der Waals surface area contributed by atoms with Crippen molar-refractivity contribution in [2.45, 2.75) is 39.5 Å². The van der Waals surface area contributed by atoms with Crippen molar-refractivity contribution in [3.05, 3.63) is 59.0 Å². The predicted octanol–water partition coefficient (Wildman–Crippen LogP) is 3.30. The molecule has 20 heavy (non-hydrogen) atoms. The number of hydrogen-bond donors (Lipinski definition) is 1. The summed E-state index contributed by atoms with van der Waals surface area (Å²) in [4.78, 5) is 2.42. The summed E-state index contributed by atoms with van der Waals surface area (Å²) < 4.78 is 5.89. The van der Waals surface area contributed by atoms with Gasteiger partial charge in [-0.2, -0.15) is 0 Å². The highest BCUT2D eigenvalue weighted by Crippen LogP contribution is 2.24. The maximum Gasteiger partial charge on any atom is 0.118 e. The fourth-order valence-corrected chi connectivity index (χ4v) is 2.73. The van der Waals surface area contributed by atoms with E-state index in [9.17, 15) is 0 Å². The second kappa shape index (κ2) is 6.25. The molecule has 106 valence electrons. The van der Waals surface area contributed by atoms with Crippen LogP contribution in [0.25, 0.3) is 0 Å². The summed E-state index contributed by atoms with van der Waals surface area (Å²) in [5, 5.41) is 3.37. The number of rotatable bonds is 6. The molecule has 3 rings (SSSR count). The van der Waals surface area contributed by atoms with E-state index in [1.807, 2.05) is 0 Å². The highest BCUT2D eigenvalue weighted by Gasteiger charge is 2.19. The fraction of sp³-hybridized carbons (Fsp3) is 0.412. The molecule has 0 atom stereocenters. The van der Waals surface area contributed by atoms with Crippen LogP contribution in [0.3, 0.4) is 0 Å². The molecule has 0 bridgehead atoms. The summed E-state index contributed by atoms with van der Waals surface area (Å²) in [7, 11) is 0. The number of fused-ring (bicyclic) bond motifs is 1. The maximum atomic E-state index is 5.89. The Balaban J connectivity index is 1.55. The maximum absolute atomic E-state index is 5.89. The van der Waals surface area contributed by atoms with Gasteiger partial charge in [0.1, 0.15) is 11.5 Å². The van der Waals surface area contributed by atoms with Crippen LogP contribution in [0.5, 0.6) is 0 Å². The molecule has 0 fully saturated rings. The number of benzene rings is 1. The second-order valence-corrected chi connectivity index (χ2v) is 5.46. The minimum absolute atomic E-state index is 0.827. The minimum Gasteiger partial charge on any atom is -0.463 e. The monoisotopic (exact) mass is 270 g/mol. The lowest BCUT2D eigenvalue weighted by Crippen LogP contribution is -2.15. The van der Waals surface area contributed by atoms with Gasteiger partial charge in [-0.1, -0.05) is 31.2 Å². The van der Waals surface area contributed by atoms with Crippen LogP contribution in [0, 0.1) is 0 Å². The van der Waals surface area contributed by atoms with Gasteiger partial charge in [0.05, 0.1) is 13.1 Å². The quantitative estimate of drug-likeness (QED) is 0.816. The van der Waals surface area contributed by atoms with Crippen LogP contribution in [0.4, 0.5) is 0 Å². The Hall–Kier alpha value is -1.58. The van der Waals surface area contributed by atoms with Crippen molar-refractivity contribution in [1.82, 2.24) is 10.2 Å². The number of hydrogen-bond acceptors (Lipinski definition) is 3. The smallest absolute Gasteiger partial charge is 0.118 e. The standard InChI is InChI=1S/C17H22N2O/c1-2-9-18-10-16-7-8-17(20-16)13-19-11-14-5-3-4-6-15(14)12-19/h3-8,18H,2,9-13H2,1H3. The van der Waals surface area contributed by atoms with Crippen LogP contribution >= 0.6 is 0 Å². The molecule has 0 saturated carbocycles. The van der Waals surface area contributed by atoms with Gasteiger partial charge in [-0.25, -0.2) is 0 Å². The summed E-state index contributed by atoms with van der Waals surface area (Å²) in [5.41, 5.74) is 2.90. The van der Waals surface area contributed by atoms with Crippen LogP contribution < -0.4 is 5.32 Å². The van der Waals surface area contributed by atoms with E-state index in [0.717, 1.165) is 50.7 Å². The summed E-state index contributed by atoms with van der Waals surface area (Å²) in [5.74, 6) is 2.09. The zero-order chi connectivity index (χ0) is 13.8. The molecule has 0 radical (unpaired) electrons. The van der Waals surface area contributed by atoms with Crippen LogP contribution in [-0.4, -0.2) is 11.4 Å². The molecular formula is C17H22N2O. The molecule has 1 N–H and O–H groups in total. The molecule has 0 aliphatic carbocycles. The van der Waals surface area contributed by atoms with Crippen molar-refractivity contribution >= 4 is 0 Å². The van der Waals surface area contributed by atoms with E-state index in [0.29, 0.717) is 0 Å². The van der Waals surface area contributed by atoms with Gasteiger partial charge in [-0.3, -0.25) is 4.90 Å². The lowest BCUT2D eigenvalue weighted by molar-refractivity contribution is 0.247. The molecule has 1 aliphatic heterocycles. The van der Waals surface area contributed by atoms with Gasteiger partial charge in [0.2, 0.25) is 0 Å². The van der Waals surface area contributed by atoms with Gasteiger partial charge in [-0.05, 0) is 36.2 Å². The van der Waals surface area contributed by atoms with Crippen molar-refractivity contribution in [2.24, 2.45) is 0 Å². The van der Waals surface area contributed by atoms with E-state index in [1.165, 1.54) is 11.1 Å². The molecule has 2 aromatic rings. The molecule has 1 aromatic heterocycles. The normalized spacial score (nSPS) is 14.7. The molecule has 1 aliphatic rings. The van der Waals surface area contributed by atoms with Crippen LogP contribution in [-0.2, 0) is 26.2 Å². The molecular weight excluding hydrogens is 248 g/mol. The van der Waals surface area contributed by atoms with Gasteiger partial charge in [0.15, 0.2) is 0 Å². The Kier molecular flexibility index (Phi) is 4.19. The minimum atomic E-state index is 0.827. The van der Waals surface area contributed by atoms with E-state index < -0.39 is 0 Å². The Bertz CT molecular complexity index is 537. The number of nitrogens with one attached hydrogen (secondary N) is 1. The second-order valence-electron chi connectivity index (χ2n) is 5.46. The lowest BCUT2D eigenvalue weighted by atomic mass is 10.1. The van der Waals surface area contributed by atoms with Gasteiger partial charge in [-0.15, -0.1) is 0 Å². The van der Waals surface area contributed by atoms with Crippen molar-refractivity contribution in [2.75, 3.05) is 6.54 Å². The van der Waals surface area contributed by atoms with E-state index in [4.69, 9.17) is 4.42 Å². The predicted molar refractivity (Wildman–Crippen MR) is 80.1 cm³/mol. The van der Waals surface area contributed by atoms with Crippen molar-refractivity contribution in [3.8, 4) is 0 Å². The van der Waals surface area contributed by atoms with Crippen LogP contribution in [0.2, 0.25) is 0 Å². The van der Waals surface area contributed by atoms with E-state index in [2.05, 4.69) is 53.5 Å². The van der Waals surface area contributed by atoms with E-state index in [1.54, 1.807) is 0 Å². The van der Waals surface area contributed by atoms with Gasteiger partial charge in [0.25, 0.3) is 0 Å². The van der Waals surface area contributed by atoms with Crippen molar-refractivity contribution < 1.29 is 4.42 Å². The first kappa shape index (κ1) is 13.4. The largest absolute Gasteiger partial charge is 0.463 e. The Labute approximate surface area is 120 Å². The third-order valence-corrected chi connectivity index (χ3v) is 3.73. The SMILES string of the molecule is CCCNCc1ccc(CN2Cc3ccccc3C2)o1. The lowest BCUT2D eigenvalue weighted by Gasteiger charge is -2.12. The van der Waals surface area contributed by atoms with Gasteiger partial charge >= 0.3 is 0 Å². The molecule has 0 spiro atoms. The third kappa shape index (κ3) is 3.11. The molecule has 2 heterocycles.